The zero-order valence-corrected chi connectivity index (χ0v) is 33.7. The number of para-hydroxylation sites is 1. The minimum Gasteiger partial charge on any atom is -0.506 e. The van der Waals surface area contributed by atoms with E-state index in [1.54, 1.807) is 37.3 Å². The fraction of sp³-hybridized carbons (Fsp3) is 0.476. The second kappa shape index (κ2) is 23.1. The van der Waals surface area contributed by atoms with Crippen LogP contribution in [-0.4, -0.2) is 57.8 Å². The highest BCUT2D eigenvalue weighted by atomic mass is 32.2. The molecular weight excluding hydrogens is 733 g/mol. The highest BCUT2D eigenvalue weighted by Crippen LogP contribution is 2.36. The largest absolute Gasteiger partial charge is 0.506 e. The minimum atomic E-state index is -4.39. The van der Waals surface area contributed by atoms with Crippen molar-refractivity contribution in [2.24, 2.45) is 10.2 Å². The molecule has 3 aromatic rings. The Morgan fingerprint density at radius 2 is 1.45 bits per heavy atom. The molecular formula is C42H56N6O7S. The third kappa shape index (κ3) is 13.3. The predicted molar refractivity (Wildman–Crippen MR) is 221 cm³/mol. The van der Waals surface area contributed by atoms with Gasteiger partial charge in [0, 0.05) is 13.2 Å². The smallest absolute Gasteiger partial charge is 0.302 e. The molecule has 0 aromatic heterocycles. The molecule has 0 saturated carbocycles. The average molecular weight is 789 g/mol. The van der Waals surface area contributed by atoms with E-state index in [0.717, 1.165) is 24.3 Å². The zero-order valence-electron chi connectivity index (χ0n) is 32.9. The number of sulfonamides is 1. The Labute approximate surface area is 331 Å². The number of phenols is 1. The number of amides is 1. The Morgan fingerprint density at radius 3 is 2.07 bits per heavy atom. The summed E-state index contributed by atoms with van der Waals surface area (Å²) in [5.74, 6) is -0.436. The van der Waals surface area contributed by atoms with Gasteiger partial charge in [0.1, 0.15) is 34.8 Å². The van der Waals surface area contributed by atoms with Crippen molar-refractivity contribution in [3.8, 4) is 23.3 Å². The molecule has 0 spiro atoms. The lowest BCUT2D eigenvalue weighted by Crippen LogP contribution is -2.28. The number of nitriles is 1. The maximum Gasteiger partial charge on any atom is 0.302 e. The summed E-state index contributed by atoms with van der Waals surface area (Å²) in [5.41, 5.74) is 3.45. The number of nitrogens with one attached hydrogen (secondary N) is 2. The van der Waals surface area contributed by atoms with Crippen molar-refractivity contribution >= 4 is 44.4 Å². The molecule has 0 bridgehead atoms. The van der Waals surface area contributed by atoms with E-state index >= 15 is 0 Å². The van der Waals surface area contributed by atoms with Gasteiger partial charge in [-0.1, -0.05) is 109 Å². The number of carbonyl (C=O) groups excluding carboxylic acids is 1. The van der Waals surface area contributed by atoms with Crippen molar-refractivity contribution < 1.29 is 32.5 Å². The number of methoxy groups -OCH3 is 1. The summed E-state index contributed by atoms with van der Waals surface area (Å²) in [6, 6.07) is 17.6. The van der Waals surface area contributed by atoms with Gasteiger partial charge < -0.3 is 19.3 Å². The number of anilines is 3. The first kappa shape index (κ1) is 43.6. The first-order chi connectivity index (χ1) is 27.2. The molecule has 4 rings (SSSR count). The number of unbranched alkanes of at least 4 members (excludes halogenated alkanes) is 13. The van der Waals surface area contributed by atoms with Gasteiger partial charge in [-0.2, -0.15) is 20.5 Å². The number of hydrogen-bond acceptors (Lipinski definition) is 11. The van der Waals surface area contributed by atoms with Crippen molar-refractivity contribution in [1.82, 2.24) is 0 Å². The Balaban J connectivity index is 1.36. The van der Waals surface area contributed by atoms with Gasteiger partial charge >= 0.3 is 5.91 Å². The fourth-order valence-electron chi connectivity index (χ4n) is 6.17. The normalized spacial score (nSPS) is 13.5. The molecule has 0 fully saturated rings. The second-order valence-electron chi connectivity index (χ2n) is 13.8. The summed E-state index contributed by atoms with van der Waals surface area (Å²) in [5, 5.41) is 29.7. The molecule has 56 heavy (non-hydrogen) atoms. The minimum absolute atomic E-state index is 0.0140. The van der Waals surface area contributed by atoms with Gasteiger partial charge in [-0.15, -0.1) is 0 Å². The molecule has 13 nitrogen and oxygen atoms in total. The molecule has 3 aromatic carbocycles. The van der Waals surface area contributed by atoms with E-state index in [4.69, 9.17) is 14.2 Å². The lowest BCUT2D eigenvalue weighted by Gasteiger charge is -2.17. The summed E-state index contributed by atoms with van der Waals surface area (Å²) in [6.45, 7) is 4.77. The van der Waals surface area contributed by atoms with E-state index in [2.05, 4.69) is 27.3 Å². The molecule has 1 heterocycles. The highest BCUT2D eigenvalue weighted by Gasteiger charge is 2.33. The SMILES string of the molecule is CCCCCCCCCCCCCCCCOc1cc(NS(=O)(=O)c2cc(NN=C3C(=O)N(c4ccccc4)N=C3C#N)ccc2OCCOC)c(O)cc1C. The number of nitrogens with zero attached hydrogens (tertiary/aromatic N) is 4. The standard InChI is InChI=1S/C42H56N6O7S/c1-4-5-6-7-8-9-10-11-12-13-14-15-16-20-25-54-39-30-35(37(49)28-32(39)2)47-56(51,52)40-29-33(23-24-38(40)55-27-26-53-3)44-45-41-36(31-43)46-48(42(41)50)34-21-18-17-19-22-34/h17-19,21-24,28-30,44,47,49H,4-16,20,25-27H2,1-3H3. The van der Waals surface area contributed by atoms with Crippen molar-refractivity contribution in [3.05, 3.63) is 66.2 Å². The Morgan fingerprint density at radius 1 is 0.821 bits per heavy atom. The maximum absolute atomic E-state index is 13.9. The summed E-state index contributed by atoms with van der Waals surface area (Å²) < 4.78 is 47.1. The van der Waals surface area contributed by atoms with E-state index in [0.29, 0.717) is 23.6 Å². The maximum atomic E-state index is 13.9. The number of ether oxygens (including phenoxy) is 3. The average Bonchev–Trinajstić information content (AvgIpc) is 3.52. The molecule has 14 heteroatoms. The summed E-state index contributed by atoms with van der Waals surface area (Å²) in [7, 11) is -2.89. The van der Waals surface area contributed by atoms with E-state index in [1.807, 2.05) is 6.07 Å². The monoisotopic (exact) mass is 788 g/mol. The van der Waals surface area contributed by atoms with Gasteiger partial charge in [-0.3, -0.25) is 14.9 Å². The number of aromatic hydroxyl groups is 1. The van der Waals surface area contributed by atoms with Crippen LogP contribution in [0.25, 0.3) is 0 Å². The van der Waals surface area contributed by atoms with Crippen molar-refractivity contribution in [3.63, 3.8) is 0 Å². The Bertz CT molecular complexity index is 1930. The second-order valence-corrected chi connectivity index (χ2v) is 15.4. The lowest BCUT2D eigenvalue weighted by molar-refractivity contribution is -0.112. The molecule has 302 valence electrons. The van der Waals surface area contributed by atoms with E-state index < -0.39 is 15.9 Å². The van der Waals surface area contributed by atoms with Crippen LogP contribution in [0.3, 0.4) is 0 Å². The summed E-state index contributed by atoms with van der Waals surface area (Å²) in [6.07, 6.45) is 17.6. The van der Waals surface area contributed by atoms with Gasteiger partial charge in [0.2, 0.25) is 0 Å². The fourth-order valence-corrected chi connectivity index (χ4v) is 7.40. The van der Waals surface area contributed by atoms with Gasteiger partial charge in [0.05, 0.1) is 30.3 Å². The predicted octanol–water partition coefficient (Wildman–Crippen LogP) is 9.08. The van der Waals surface area contributed by atoms with Crippen LogP contribution >= 0.6 is 0 Å². The topological polar surface area (TPSA) is 175 Å². The van der Waals surface area contributed by atoms with Crippen molar-refractivity contribution in [2.75, 3.05) is 42.1 Å². The van der Waals surface area contributed by atoms with Crippen LogP contribution in [0, 0.1) is 18.3 Å². The molecule has 0 aliphatic carbocycles. The number of hydrazone groups is 2. The van der Waals surface area contributed by atoms with Gasteiger partial charge in [-0.05, 0) is 55.3 Å². The van der Waals surface area contributed by atoms with Crippen LogP contribution in [-0.2, 0) is 19.6 Å². The number of carbonyl (C=O) groups is 1. The molecule has 1 amide bonds. The number of benzene rings is 3. The van der Waals surface area contributed by atoms with Crippen LogP contribution in [0.1, 0.15) is 102 Å². The van der Waals surface area contributed by atoms with Crippen LogP contribution in [0.15, 0.2) is 75.8 Å². The van der Waals surface area contributed by atoms with Crippen LogP contribution in [0.4, 0.5) is 17.1 Å². The first-order valence-electron chi connectivity index (χ1n) is 19.7. The molecule has 3 N–H and O–H groups in total. The molecule has 0 atom stereocenters. The van der Waals surface area contributed by atoms with E-state index in [1.165, 1.54) is 108 Å². The van der Waals surface area contributed by atoms with E-state index in [9.17, 15) is 23.6 Å². The molecule has 0 saturated heterocycles. The summed E-state index contributed by atoms with van der Waals surface area (Å²) >= 11 is 0. The number of rotatable bonds is 26. The van der Waals surface area contributed by atoms with E-state index in [-0.39, 0.29) is 52.4 Å². The van der Waals surface area contributed by atoms with Crippen LogP contribution in [0.5, 0.6) is 17.2 Å². The molecule has 1 aliphatic heterocycles. The molecule has 0 unspecified atom stereocenters. The zero-order chi connectivity index (χ0) is 40.2. The van der Waals surface area contributed by atoms with Gasteiger partial charge in [0.15, 0.2) is 11.4 Å². The number of phenolic OH excluding ortho intramolecular Hbond substituents is 1. The van der Waals surface area contributed by atoms with Crippen LogP contribution < -0.4 is 24.6 Å². The lowest BCUT2D eigenvalue weighted by atomic mass is 10.0. The first-order valence-corrected chi connectivity index (χ1v) is 21.1. The molecule has 1 aliphatic rings. The number of aryl methyl sites for hydroxylation is 1. The van der Waals surface area contributed by atoms with Gasteiger partial charge in [0.25, 0.3) is 10.0 Å². The quantitative estimate of drug-likeness (QED) is 0.0407. The van der Waals surface area contributed by atoms with Gasteiger partial charge in [-0.25, -0.2) is 8.42 Å². The highest BCUT2D eigenvalue weighted by molar-refractivity contribution is 7.92. The van der Waals surface area contributed by atoms with Crippen molar-refractivity contribution in [1.29, 1.82) is 5.26 Å². The third-order valence-corrected chi connectivity index (χ3v) is 10.7. The third-order valence-electron chi connectivity index (χ3n) is 9.29. The summed E-state index contributed by atoms with van der Waals surface area (Å²) in [4.78, 5) is 12.9. The molecule has 0 radical (unpaired) electrons. The van der Waals surface area contributed by atoms with Crippen LogP contribution in [0.2, 0.25) is 0 Å². The Kier molecular flexibility index (Phi) is 18.0. The number of hydrogen-bond donors (Lipinski definition) is 3. The van der Waals surface area contributed by atoms with Crippen molar-refractivity contribution in [2.45, 2.75) is 109 Å². The Hall–Kier alpha value is -5.13.